The molecule has 1 saturated carbocycles. The van der Waals surface area contributed by atoms with Gasteiger partial charge in [0.15, 0.2) is 0 Å². The molecule has 0 heterocycles. The van der Waals surface area contributed by atoms with Crippen molar-refractivity contribution in [1.82, 2.24) is 5.32 Å². The molecule has 136 valence electrons. The fourth-order valence-corrected chi connectivity index (χ4v) is 3.83. The van der Waals surface area contributed by atoms with Gasteiger partial charge in [0.2, 0.25) is 0 Å². The molecule has 0 aromatic heterocycles. The minimum absolute atomic E-state index is 0.0320. The van der Waals surface area contributed by atoms with Crippen LogP contribution in [0.1, 0.15) is 58.4 Å². The van der Waals surface area contributed by atoms with Gasteiger partial charge in [-0.25, -0.2) is 0 Å². The number of hydrogen-bond donors (Lipinski definition) is 2. The van der Waals surface area contributed by atoms with Gasteiger partial charge in [0.25, 0.3) is 11.8 Å². The lowest BCUT2D eigenvalue weighted by atomic mass is 9.95. The molecule has 2 N–H and O–H groups in total. The normalized spacial score (nSPS) is 14.7. The number of hydrogen-bond acceptors (Lipinski definition) is 2. The van der Waals surface area contributed by atoms with Gasteiger partial charge < -0.3 is 10.6 Å². The molecule has 1 fully saturated rings. The van der Waals surface area contributed by atoms with E-state index in [1.165, 1.54) is 19.3 Å². The van der Waals surface area contributed by atoms with Crippen LogP contribution >= 0.6 is 22.6 Å². The summed E-state index contributed by atoms with van der Waals surface area (Å²) in [7, 11) is 0. The van der Waals surface area contributed by atoms with Crippen molar-refractivity contribution in [1.29, 1.82) is 0 Å². The first kappa shape index (κ1) is 18.9. The first-order valence-electron chi connectivity index (χ1n) is 9.01. The van der Waals surface area contributed by atoms with Crippen molar-refractivity contribution >= 4 is 40.1 Å². The van der Waals surface area contributed by atoms with E-state index in [4.69, 9.17) is 0 Å². The molecule has 0 atom stereocenters. The fraction of sp³-hybridized carbons (Fsp3) is 0.333. The number of nitrogens with one attached hydrogen (secondary N) is 2. The Balaban J connectivity index is 1.67. The van der Waals surface area contributed by atoms with Crippen LogP contribution in [-0.4, -0.2) is 17.9 Å². The third kappa shape index (κ3) is 4.84. The zero-order valence-electron chi connectivity index (χ0n) is 14.8. The van der Waals surface area contributed by atoms with Crippen molar-refractivity contribution in [3.05, 3.63) is 62.7 Å². The number of amides is 2. The Morgan fingerprint density at radius 1 is 0.962 bits per heavy atom. The number of aryl methyl sites for hydroxylation is 1. The fourth-order valence-electron chi connectivity index (χ4n) is 3.29. The Morgan fingerprint density at radius 2 is 1.69 bits per heavy atom. The van der Waals surface area contributed by atoms with Crippen LogP contribution in [0.25, 0.3) is 0 Å². The Hall–Kier alpha value is -1.89. The number of halogens is 1. The molecule has 0 unspecified atom stereocenters. The first-order chi connectivity index (χ1) is 12.5. The van der Waals surface area contributed by atoms with Gasteiger partial charge >= 0.3 is 0 Å². The summed E-state index contributed by atoms with van der Waals surface area (Å²) in [6.45, 7) is 1.90. The van der Waals surface area contributed by atoms with E-state index in [0.717, 1.165) is 27.7 Å². The highest BCUT2D eigenvalue weighted by Gasteiger charge is 2.17. The van der Waals surface area contributed by atoms with Crippen molar-refractivity contribution in [2.24, 2.45) is 0 Å². The van der Waals surface area contributed by atoms with E-state index >= 15 is 0 Å². The van der Waals surface area contributed by atoms with Crippen LogP contribution in [-0.2, 0) is 0 Å². The van der Waals surface area contributed by atoms with Crippen LogP contribution in [0.4, 0.5) is 5.69 Å². The molecule has 2 amide bonds. The summed E-state index contributed by atoms with van der Waals surface area (Å²) >= 11 is 2.19. The predicted octanol–water partition coefficient (Wildman–Crippen LogP) is 4.91. The summed E-state index contributed by atoms with van der Waals surface area (Å²) in [6, 6.07) is 13.1. The lowest BCUT2D eigenvalue weighted by Crippen LogP contribution is -2.36. The third-order valence-electron chi connectivity index (χ3n) is 4.76. The van der Waals surface area contributed by atoms with Gasteiger partial charge in [-0.05, 0) is 84.3 Å². The summed E-state index contributed by atoms with van der Waals surface area (Å²) in [5.41, 5.74) is 2.86. The molecule has 2 aromatic rings. The summed E-state index contributed by atoms with van der Waals surface area (Å²) in [4.78, 5) is 24.9. The first-order valence-corrected chi connectivity index (χ1v) is 10.1. The van der Waals surface area contributed by atoms with E-state index < -0.39 is 0 Å². The van der Waals surface area contributed by atoms with Crippen LogP contribution in [0.5, 0.6) is 0 Å². The van der Waals surface area contributed by atoms with E-state index in [9.17, 15) is 9.59 Å². The van der Waals surface area contributed by atoms with Gasteiger partial charge in [-0.3, -0.25) is 9.59 Å². The Labute approximate surface area is 167 Å². The molecule has 0 radical (unpaired) electrons. The monoisotopic (exact) mass is 462 g/mol. The maximum atomic E-state index is 12.5. The van der Waals surface area contributed by atoms with Crippen LogP contribution in [0.2, 0.25) is 0 Å². The second-order valence-electron chi connectivity index (χ2n) is 6.80. The molecule has 0 spiro atoms. The maximum absolute atomic E-state index is 12.5. The van der Waals surface area contributed by atoms with Crippen molar-refractivity contribution < 1.29 is 9.59 Å². The number of carbonyl (C=O) groups is 2. The Kier molecular flexibility index (Phi) is 6.29. The molecule has 3 rings (SSSR count). The predicted molar refractivity (Wildman–Crippen MR) is 113 cm³/mol. The highest BCUT2D eigenvalue weighted by Crippen LogP contribution is 2.20. The molecule has 5 heteroatoms. The highest BCUT2D eigenvalue weighted by molar-refractivity contribution is 14.1. The lowest BCUT2D eigenvalue weighted by molar-refractivity contribution is 0.0927. The largest absolute Gasteiger partial charge is 0.349 e. The number of anilines is 1. The Morgan fingerprint density at radius 3 is 2.38 bits per heavy atom. The molecule has 2 aromatic carbocycles. The summed E-state index contributed by atoms with van der Waals surface area (Å²) in [5, 5.41) is 6.05. The Bertz CT molecular complexity index is 813. The lowest BCUT2D eigenvalue weighted by Gasteiger charge is -2.23. The molecule has 0 bridgehead atoms. The van der Waals surface area contributed by atoms with Crippen LogP contribution < -0.4 is 10.6 Å². The molecule has 1 aliphatic carbocycles. The third-order valence-corrected chi connectivity index (χ3v) is 5.43. The molecular formula is C21H23IN2O2. The van der Waals surface area contributed by atoms with E-state index in [1.807, 2.05) is 31.2 Å². The minimum Gasteiger partial charge on any atom is -0.349 e. The van der Waals surface area contributed by atoms with Gasteiger partial charge in [-0.1, -0.05) is 25.3 Å². The molecule has 26 heavy (non-hydrogen) atoms. The van der Waals surface area contributed by atoms with Gasteiger partial charge in [0.1, 0.15) is 0 Å². The van der Waals surface area contributed by atoms with Crippen LogP contribution in [0.15, 0.2) is 42.5 Å². The van der Waals surface area contributed by atoms with E-state index in [-0.39, 0.29) is 17.9 Å². The van der Waals surface area contributed by atoms with Crippen molar-refractivity contribution in [2.45, 2.75) is 45.1 Å². The standard InChI is InChI=1S/C21H23IN2O2/c1-14-12-16(20(25)23-18-8-3-2-4-9-18)10-11-19(14)24-21(26)15-6-5-7-17(22)13-15/h5-7,10-13,18H,2-4,8-9H2,1H3,(H,23,25)(H,24,26). The minimum atomic E-state index is -0.147. The van der Waals surface area contributed by atoms with Crippen molar-refractivity contribution in [3.63, 3.8) is 0 Å². The smallest absolute Gasteiger partial charge is 0.255 e. The zero-order valence-corrected chi connectivity index (χ0v) is 17.0. The SMILES string of the molecule is Cc1cc(C(=O)NC2CCCCC2)ccc1NC(=O)c1cccc(I)c1. The highest BCUT2D eigenvalue weighted by atomic mass is 127. The van der Waals surface area contributed by atoms with Gasteiger partial charge in [-0.2, -0.15) is 0 Å². The number of carbonyl (C=O) groups excluding carboxylic acids is 2. The molecule has 1 aliphatic rings. The maximum Gasteiger partial charge on any atom is 0.255 e. The summed E-state index contributed by atoms with van der Waals surface area (Å²) in [6.07, 6.45) is 5.77. The van der Waals surface area contributed by atoms with E-state index in [1.54, 1.807) is 18.2 Å². The average Bonchev–Trinajstić information content (AvgIpc) is 2.64. The quantitative estimate of drug-likeness (QED) is 0.635. The topological polar surface area (TPSA) is 58.2 Å². The molecular weight excluding hydrogens is 439 g/mol. The molecule has 0 saturated heterocycles. The molecule has 4 nitrogen and oxygen atoms in total. The second-order valence-corrected chi connectivity index (χ2v) is 8.05. The number of rotatable bonds is 4. The van der Waals surface area contributed by atoms with Gasteiger partial charge in [0, 0.05) is 26.4 Å². The van der Waals surface area contributed by atoms with E-state index in [0.29, 0.717) is 11.1 Å². The summed E-state index contributed by atoms with van der Waals surface area (Å²) in [5.74, 6) is -0.179. The second kappa shape index (κ2) is 8.66. The average molecular weight is 462 g/mol. The van der Waals surface area contributed by atoms with Crippen LogP contribution in [0.3, 0.4) is 0 Å². The van der Waals surface area contributed by atoms with Crippen molar-refractivity contribution in [2.75, 3.05) is 5.32 Å². The van der Waals surface area contributed by atoms with Crippen LogP contribution in [0, 0.1) is 10.5 Å². The number of benzene rings is 2. The molecule has 0 aliphatic heterocycles. The summed E-state index contributed by atoms with van der Waals surface area (Å²) < 4.78 is 1.02. The van der Waals surface area contributed by atoms with E-state index in [2.05, 4.69) is 33.2 Å². The zero-order chi connectivity index (χ0) is 18.5. The van der Waals surface area contributed by atoms with Gasteiger partial charge in [-0.15, -0.1) is 0 Å². The van der Waals surface area contributed by atoms with Gasteiger partial charge in [0.05, 0.1) is 0 Å². The van der Waals surface area contributed by atoms with Crippen molar-refractivity contribution in [3.8, 4) is 0 Å².